The van der Waals surface area contributed by atoms with Crippen molar-refractivity contribution < 1.29 is 27.8 Å². The van der Waals surface area contributed by atoms with Gasteiger partial charge in [-0.05, 0) is 124 Å². The fraction of sp³-hybridized carbons (Fsp3) is 0.629. The molecule has 0 aliphatic heterocycles. The van der Waals surface area contributed by atoms with Crippen molar-refractivity contribution in [1.82, 2.24) is 0 Å². The molecule has 41 heavy (non-hydrogen) atoms. The number of halogens is 2. The lowest BCUT2D eigenvalue weighted by Crippen LogP contribution is -2.30. The van der Waals surface area contributed by atoms with Crippen molar-refractivity contribution in [2.75, 3.05) is 13.2 Å². The minimum absolute atomic E-state index is 0.108. The molecule has 0 amide bonds. The lowest BCUT2D eigenvalue weighted by molar-refractivity contribution is -0.140. The summed E-state index contributed by atoms with van der Waals surface area (Å²) < 4.78 is 44.9. The van der Waals surface area contributed by atoms with Gasteiger partial charge in [0.2, 0.25) is 11.6 Å². The van der Waals surface area contributed by atoms with Crippen LogP contribution in [0.25, 0.3) is 0 Å². The maximum atomic E-state index is 14.3. The van der Waals surface area contributed by atoms with Gasteiger partial charge < -0.3 is 14.2 Å². The lowest BCUT2D eigenvalue weighted by atomic mass is 9.63. The van der Waals surface area contributed by atoms with E-state index in [1.807, 2.05) is 12.1 Å². The molecule has 4 atom stereocenters. The van der Waals surface area contributed by atoms with Crippen LogP contribution < -0.4 is 14.2 Å². The standard InChI is InChI=1S/C35H46F2O4/c1-3-5-23-6-11-29-21-28(13-12-27(29)20-23)25-14-16-30(17-15-25)41-35(38)26-9-7-24(8-10-26)22-40-32-19-18-31(39-4-2)33(36)34(32)37/h14-19,23-24,26-29H,3-13,20-22H2,1-2H3. The van der Waals surface area contributed by atoms with E-state index in [9.17, 15) is 13.6 Å². The number of rotatable bonds is 10. The highest BCUT2D eigenvalue weighted by Crippen LogP contribution is 2.48. The quantitative estimate of drug-likeness (QED) is 0.212. The van der Waals surface area contributed by atoms with E-state index in [-0.39, 0.29) is 42.5 Å². The first-order chi connectivity index (χ1) is 19.9. The van der Waals surface area contributed by atoms with Crippen molar-refractivity contribution in [3.05, 3.63) is 53.6 Å². The van der Waals surface area contributed by atoms with Crippen LogP contribution in [0, 0.1) is 41.2 Å². The minimum atomic E-state index is -1.03. The second-order valence-electron chi connectivity index (χ2n) is 12.6. The highest BCUT2D eigenvalue weighted by atomic mass is 19.2. The van der Waals surface area contributed by atoms with Crippen molar-refractivity contribution >= 4 is 5.97 Å². The third-order valence-electron chi connectivity index (χ3n) is 9.95. The van der Waals surface area contributed by atoms with Gasteiger partial charge in [-0.15, -0.1) is 0 Å². The van der Waals surface area contributed by atoms with Gasteiger partial charge in [-0.1, -0.05) is 38.3 Å². The molecule has 2 aromatic rings. The maximum Gasteiger partial charge on any atom is 0.314 e. The van der Waals surface area contributed by atoms with Gasteiger partial charge in [0.1, 0.15) is 5.75 Å². The molecular weight excluding hydrogens is 522 g/mol. The summed E-state index contributed by atoms with van der Waals surface area (Å²) in [6.07, 6.45) is 13.9. The van der Waals surface area contributed by atoms with Gasteiger partial charge >= 0.3 is 5.97 Å². The van der Waals surface area contributed by atoms with Crippen molar-refractivity contribution in [1.29, 1.82) is 0 Å². The zero-order valence-electron chi connectivity index (χ0n) is 24.7. The van der Waals surface area contributed by atoms with E-state index in [0.29, 0.717) is 24.5 Å². The number of benzene rings is 2. The van der Waals surface area contributed by atoms with Gasteiger partial charge in [0.05, 0.1) is 19.1 Å². The van der Waals surface area contributed by atoms with Crippen LogP contribution in [0.2, 0.25) is 0 Å². The average molecular weight is 569 g/mol. The minimum Gasteiger partial charge on any atom is -0.491 e. The number of hydrogen-bond donors (Lipinski definition) is 0. The first-order valence-corrected chi connectivity index (χ1v) is 16.0. The number of hydrogen-bond acceptors (Lipinski definition) is 4. The van der Waals surface area contributed by atoms with Crippen LogP contribution >= 0.6 is 0 Å². The summed E-state index contributed by atoms with van der Waals surface area (Å²) in [7, 11) is 0. The van der Waals surface area contributed by atoms with Gasteiger partial charge in [0.25, 0.3) is 0 Å². The molecule has 6 heteroatoms. The summed E-state index contributed by atoms with van der Waals surface area (Å²) in [6.45, 7) is 4.57. The second kappa shape index (κ2) is 14.0. The normalized spacial score (nSPS) is 28.0. The highest BCUT2D eigenvalue weighted by Gasteiger charge is 2.36. The van der Waals surface area contributed by atoms with E-state index in [1.165, 1.54) is 69.1 Å². The summed E-state index contributed by atoms with van der Waals surface area (Å²) in [5.41, 5.74) is 1.38. The average Bonchev–Trinajstić information content (AvgIpc) is 3.00. The van der Waals surface area contributed by atoms with Gasteiger partial charge in [-0.3, -0.25) is 4.79 Å². The van der Waals surface area contributed by atoms with E-state index in [2.05, 4.69) is 19.1 Å². The number of fused-ring (bicyclic) bond motifs is 1. The largest absolute Gasteiger partial charge is 0.491 e. The molecule has 3 aliphatic rings. The van der Waals surface area contributed by atoms with E-state index in [0.717, 1.165) is 30.6 Å². The third kappa shape index (κ3) is 7.42. The topological polar surface area (TPSA) is 44.8 Å². The summed E-state index contributed by atoms with van der Waals surface area (Å²) in [6, 6.07) is 11.0. The van der Waals surface area contributed by atoms with Crippen LogP contribution in [0.5, 0.6) is 17.2 Å². The molecule has 0 spiro atoms. The number of esters is 1. The predicted molar refractivity (Wildman–Crippen MR) is 156 cm³/mol. The molecule has 0 radical (unpaired) electrons. The lowest BCUT2D eigenvalue weighted by Gasteiger charge is -2.42. The molecule has 3 fully saturated rings. The van der Waals surface area contributed by atoms with Gasteiger partial charge in [-0.2, -0.15) is 8.78 Å². The zero-order chi connectivity index (χ0) is 28.8. The van der Waals surface area contributed by atoms with Crippen LogP contribution in [0.1, 0.15) is 102 Å². The molecule has 0 saturated heterocycles. The summed E-state index contributed by atoms with van der Waals surface area (Å²) >= 11 is 0. The Labute approximate surface area is 244 Å². The molecule has 0 N–H and O–H groups in total. The monoisotopic (exact) mass is 568 g/mol. The molecule has 5 rings (SSSR count). The van der Waals surface area contributed by atoms with E-state index in [1.54, 1.807) is 6.92 Å². The van der Waals surface area contributed by atoms with E-state index < -0.39 is 11.6 Å². The maximum absolute atomic E-state index is 14.3. The second-order valence-corrected chi connectivity index (χ2v) is 12.6. The zero-order valence-corrected chi connectivity index (χ0v) is 24.7. The Morgan fingerprint density at radius 3 is 2.07 bits per heavy atom. The molecular formula is C35H46F2O4. The Kier molecular flexibility index (Phi) is 10.2. The Hall–Kier alpha value is -2.63. The van der Waals surface area contributed by atoms with Crippen LogP contribution in [0.15, 0.2) is 36.4 Å². The smallest absolute Gasteiger partial charge is 0.314 e. The van der Waals surface area contributed by atoms with Gasteiger partial charge in [-0.25, -0.2) is 0 Å². The SMILES string of the molecule is CCCC1CCC2CC(c3ccc(OC(=O)C4CCC(COc5ccc(OCC)c(F)c5F)CC4)cc3)CCC2C1. The van der Waals surface area contributed by atoms with Crippen molar-refractivity contribution in [2.45, 2.75) is 96.8 Å². The Bertz CT molecular complexity index is 1140. The van der Waals surface area contributed by atoms with Crippen molar-refractivity contribution in [2.24, 2.45) is 29.6 Å². The van der Waals surface area contributed by atoms with Crippen molar-refractivity contribution in [3.8, 4) is 17.2 Å². The molecule has 0 bridgehead atoms. The fourth-order valence-corrected chi connectivity index (χ4v) is 7.63. The number of carbonyl (C=O) groups excluding carboxylic acids is 1. The van der Waals surface area contributed by atoms with Gasteiger partial charge in [0, 0.05) is 0 Å². The fourth-order valence-electron chi connectivity index (χ4n) is 7.63. The Balaban J connectivity index is 1.05. The van der Waals surface area contributed by atoms with Gasteiger partial charge in [0.15, 0.2) is 11.5 Å². The predicted octanol–water partition coefficient (Wildman–Crippen LogP) is 9.25. The molecule has 3 saturated carbocycles. The molecule has 4 unspecified atom stereocenters. The van der Waals surface area contributed by atoms with Crippen LogP contribution in [0.3, 0.4) is 0 Å². The summed E-state index contributed by atoms with van der Waals surface area (Å²) in [5.74, 6) is 1.57. The Morgan fingerprint density at radius 2 is 1.39 bits per heavy atom. The first-order valence-electron chi connectivity index (χ1n) is 16.0. The molecule has 0 aromatic heterocycles. The molecule has 0 heterocycles. The summed E-state index contributed by atoms with van der Waals surface area (Å²) in [4.78, 5) is 12.9. The first kappa shape index (κ1) is 29.8. The van der Waals surface area contributed by atoms with E-state index in [4.69, 9.17) is 14.2 Å². The van der Waals surface area contributed by atoms with E-state index >= 15 is 0 Å². The molecule has 224 valence electrons. The molecule has 3 aliphatic carbocycles. The number of carbonyl (C=O) groups is 1. The van der Waals surface area contributed by atoms with Crippen LogP contribution in [-0.2, 0) is 4.79 Å². The molecule has 4 nitrogen and oxygen atoms in total. The summed E-state index contributed by atoms with van der Waals surface area (Å²) in [5, 5.41) is 0. The molecule has 2 aromatic carbocycles. The highest BCUT2D eigenvalue weighted by molar-refractivity contribution is 5.75. The third-order valence-corrected chi connectivity index (χ3v) is 9.95. The van der Waals surface area contributed by atoms with Crippen molar-refractivity contribution in [3.63, 3.8) is 0 Å². The Morgan fingerprint density at radius 1 is 0.756 bits per heavy atom. The van der Waals surface area contributed by atoms with Crippen LogP contribution in [0.4, 0.5) is 8.78 Å². The van der Waals surface area contributed by atoms with Crippen LogP contribution in [-0.4, -0.2) is 19.2 Å². The number of ether oxygens (including phenoxy) is 3.